The summed E-state index contributed by atoms with van der Waals surface area (Å²) in [6.07, 6.45) is 2.96. The van der Waals surface area contributed by atoms with Crippen LogP contribution < -0.4 is 0 Å². The molecule has 3 atom stereocenters. The van der Waals surface area contributed by atoms with Crippen LogP contribution in [0.15, 0.2) is 0 Å². The molecule has 1 aliphatic carbocycles. The number of nitrogens with zero attached hydrogens (tertiary/aromatic N) is 1. The van der Waals surface area contributed by atoms with Crippen molar-refractivity contribution in [3.63, 3.8) is 0 Å². The highest BCUT2D eigenvalue weighted by molar-refractivity contribution is 5.00. The SMILES string of the molecule is CN1CC2CC1C(C(C)(C)C)C2. The van der Waals surface area contributed by atoms with Crippen molar-refractivity contribution in [2.24, 2.45) is 17.3 Å². The molecule has 0 spiro atoms. The highest BCUT2D eigenvalue weighted by Gasteiger charge is 2.47. The molecule has 12 heavy (non-hydrogen) atoms. The molecule has 1 aliphatic heterocycles. The van der Waals surface area contributed by atoms with E-state index in [9.17, 15) is 0 Å². The third-order valence-corrected chi connectivity index (χ3v) is 3.85. The molecule has 0 N–H and O–H groups in total. The van der Waals surface area contributed by atoms with Crippen LogP contribution in [-0.4, -0.2) is 24.5 Å². The molecule has 0 radical (unpaired) electrons. The van der Waals surface area contributed by atoms with Crippen LogP contribution in [0, 0.1) is 17.3 Å². The van der Waals surface area contributed by atoms with Crippen LogP contribution in [0.1, 0.15) is 33.6 Å². The normalized spacial score (nSPS) is 42.5. The Balaban J connectivity index is 2.12. The molecule has 2 rings (SSSR count). The largest absolute Gasteiger partial charge is 0.303 e. The Hall–Kier alpha value is -0.0400. The van der Waals surface area contributed by atoms with E-state index in [4.69, 9.17) is 0 Å². The Bertz CT molecular complexity index is 180. The summed E-state index contributed by atoms with van der Waals surface area (Å²) < 4.78 is 0. The van der Waals surface area contributed by atoms with Crippen molar-refractivity contribution >= 4 is 0 Å². The summed E-state index contributed by atoms with van der Waals surface area (Å²) in [4.78, 5) is 2.57. The minimum atomic E-state index is 0.522. The lowest BCUT2D eigenvalue weighted by atomic mass is 9.76. The highest BCUT2D eigenvalue weighted by Crippen LogP contribution is 2.48. The predicted molar refractivity (Wildman–Crippen MR) is 52.1 cm³/mol. The summed E-state index contributed by atoms with van der Waals surface area (Å²) in [6, 6.07) is 0.898. The standard InChI is InChI=1S/C11H21N/c1-11(2,3)9-5-8-6-10(9)12(4)7-8/h8-10H,5-7H2,1-4H3. The monoisotopic (exact) mass is 167 g/mol. The Morgan fingerprint density at radius 1 is 1.17 bits per heavy atom. The highest BCUT2D eigenvalue weighted by atomic mass is 15.2. The second kappa shape index (κ2) is 2.47. The number of piperidine rings is 1. The molecular formula is C11H21N. The number of fused-ring (bicyclic) bond motifs is 2. The number of likely N-dealkylation sites (tertiary alicyclic amines) is 1. The first-order valence-electron chi connectivity index (χ1n) is 5.18. The van der Waals surface area contributed by atoms with Gasteiger partial charge < -0.3 is 4.90 Å². The van der Waals surface area contributed by atoms with E-state index >= 15 is 0 Å². The van der Waals surface area contributed by atoms with Crippen molar-refractivity contribution in [2.75, 3.05) is 13.6 Å². The van der Waals surface area contributed by atoms with E-state index < -0.39 is 0 Å². The molecule has 1 heteroatoms. The quantitative estimate of drug-likeness (QED) is 0.535. The fraction of sp³-hybridized carbons (Fsp3) is 1.00. The van der Waals surface area contributed by atoms with Crippen LogP contribution in [0.3, 0.4) is 0 Å². The van der Waals surface area contributed by atoms with Gasteiger partial charge in [-0.1, -0.05) is 20.8 Å². The molecule has 0 aromatic carbocycles. The van der Waals surface area contributed by atoms with E-state index in [1.807, 2.05) is 0 Å². The van der Waals surface area contributed by atoms with Crippen molar-refractivity contribution in [2.45, 2.75) is 39.7 Å². The maximum Gasteiger partial charge on any atom is 0.0129 e. The van der Waals surface area contributed by atoms with Crippen LogP contribution in [0.4, 0.5) is 0 Å². The van der Waals surface area contributed by atoms with E-state index in [0.717, 1.165) is 17.9 Å². The van der Waals surface area contributed by atoms with E-state index in [2.05, 4.69) is 32.7 Å². The predicted octanol–water partition coefficient (Wildman–Crippen LogP) is 2.37. The summed E-state index contributed by atoms with van der Waals surface area (Å²) in [5.41, 5.74) is 0.522. The van der Waals surface area contributed by atoms with Gasteiger partial charge in [-0.2, -0.15) is 0 Å². The van der Waals surface area contributed by atoms with Crippen LogP contribution in [-0.2, 0) is 0 Å². The Morgan fingerprint density at radius 3 is 2.17 bits per heavy atom. The van der Waals surface area contributed by atoms with Crippen LogP contribution >= 0.6 is 0 Å². The molecule has 0 aromatic rings. The van der Waals surface area contributed by atoms with E-state index in [0.29, 0.717) is 5.41 Å². The number of hydrogen-bond acceptors (Lipinski definition) is 1. The Morgan fingerprint density at radius 2 is 1.83 bits per heavy atom. The van der Waals surface area contributed by atoms with Crippen LogP contribution in [0.2, 0.25) is 0 Å². The fourth-order valence-corrected chi connectivity index (χ4v) is 3.23. The molecule has 2 aliphatic rings. The minimum Gasteiger partial charge on any atom is -0.303 e. The van der Waals surface area contributed by atoms with Gasteiger partial charge in [0.1, 0.15) is 0 Å². The van der Waals surface area contributed by atoms with Gasteiger partial charge >= 0.3 is 0 Å². The summed E-state index contributed by atoms with van der Waals surface area (Å²) in [6.45, 7) is 8.54. The first kappa shape index (κ1) is 8.55. The minimum absolute atomic E-state index is 0.522. The van der Waals surface area contributed by atoms with Gasteiger partial charge in [0.2, 0.25) is 0 Å². The zero-order chi connectivity index (χ0) is 8.93. The first-order chi connectivity index (χ1) is 5.48. The molecule has 2 fully saturated rings. The molecule has 2 bridgehead atoms. The lowest BCUT2D eigenvalue weighted by Gasteiger charge is -2.38. The van der Waals surface area contributed by atoms with Crippen LogP contribution in [0.5, 0.6) is 0 Å². The van der Waals surface area contributed by atoms with Crippen molar-refractivity contribution < 1.29 is 0 Å². The Kier molecular flexibility index (Phi) is 1.76. The third kappa shape index (κ3) is 1.19. The van der Waals surface area contributed by atoms with Gasteiger partial charge in [0.25, 0.3) is 0 Å². The summed E-state index contributed by atoms with van der Waals surface area (Å²) in [5, 5.41) is 0. The Labute approximate surface area is 76.1 Å². The summed E-state index contributed by atoms with van der Waals surface area (Å²) in [7, 11) is 2.29. The van der Waals surface area contributed by atoms with Crippen LogP contribution in [0.25, 0.3) is 0 Å². The average molecular weight is 167 g/mol. The molecule has 1 nitrogen and oxygen atoms in total. The first-order valence-corrected chi connectivity index (χ1v) is 5.18. The van der Waals surface area contributed by atoms with Crippen molar-refractivity contribution in [3.8, 4) is 0 Å². The smallest absolute Gasteiger partial charge is 0.0129 e. The molecule has 3 unspecified atom stereocenters. The lowest BCUT2D eigenvalue weighted by molar-refractivity contribution is 0.103. The van der Waals surface area contributed by atoms with Gasteiger partial charge in [-0.25, -0.2) is 0 Å². The summed E-state index contributed by atoms with van der Waals surface area (Å²) in [5.74, 6) is 1.96. The van der Waals surface area contributed by atoms with E-state index in [1.54, 1.807) is 0 Å². The average Bonchev–Trinajstić information content (AvgIpc) is 2.41. The van der Waals surface area contributed by atoms with Gasteiger partial charge in [-0.15, -0.1) is 0 Å². The molecule has 1 heterocycles. The van der Waals surface area contributed by atoms with E-state index in [-0.39, 0.29) is 0 Å². The van der Waals surface area contributed by atoms with Gasteiger partial charge in [0.05, 0.1) is 0 Å². The van der Waals surface area contributed by atoms with Gasteiger partial charge in [-0.05, 0) is 37.1 Å². The maximum absolute atomic E-state index is 2.57. The van der Waals surface area contributed by atoms with Gasteiger partial charge in [-0.3, -0.25) is 0 Å². The molecule has 0 aromatic heterocycles. The van der Waals surface area contributed by atoms with Crippen molar-refractivity contribution in [1.82, 2.24) is 4.90 Å². The van der Waals surface area contributed by atoms with Crippen molar-refractivity contribution in [1.29, 1.82) is 0 Å². The third-order valence-electron chi connectivity index (χ3n) is 3.85. The van der Waals surface area contributed by atoms with Gasteiger partial charge in [0.15, 0.2) is 0 Å². The zero-order valence-corrected chi connectivity index (χ0v) is 8.80. The second-order valence-electron chi connectivity index (χ2n) is 5.82. The number of hydrogen-bond donors (Lipinski definition) is 0. The fourth-order valence-electron chi connectivity index (χ4n) is 3.23. The molecule has 1 saturated carbocycles. The topological polar surface area (TPSA) is 3.24 Å². The lowest BCUT2D eigenvalue weighted by Crippen LogP contribution is -2.40. The maximum atomic E-state index is 2.57. The molecule has 1 saturated heterocycles. The second-order valence-corrected chi connectivity index (χ2v) is 5.82. The van der Waals surface area contributed by atoms with Crippen molar-refractivity contribution in [3.05, 3.63) is 0 Å². The molecule has 0 amide bonds. The van der Waals surface area contributed by atoms with Gasteiger partial charge in [0, 0.05) is 12.6 Å². The molecule has 70 valence electrons. The number of rotatable bonds is 0. The zero-order valence-electron chi connectivity index (χ0n) is 8.80. The van der Waals surface area contributed by atoms with E-state index in [1.165, 1.54) is 19.4 Å². The molecular weight excluding hydrogens is 146 g/mol. The summed E-state index contributed by atoms with van der Waals surface area (Å²) >= 11 is 0.